The number of benzene rings is 1. The summed E-state index contributed by atoms with van der Waals surface area (Å²) in [6.45, 7) is 6.77. The van der Waals surface area contributed by atoms with Crippen molar-refractivity contribution < 1.29 is 4.79 Å². The highest BCUT2D eigenvalue weighted by molar-refractivity contribution is 7.20. The van der Waals surface area contributed by atoms with Gasteiger partial charge in [-0.1, -0.05) is 12.1 Å². The summed E-state index contributed by atoms with van der Waals surface area (Å²) >= 11 is 1.44. The van der Waals surface area contributed by atoms with E-state index in [1.54, 1.807) is 0 Å². The summed E-state index contributed by atoms with van der Waals surface area (Å²) in [4.78, 5) is 28.7. The Morgan fingerprint density at radius 1 is 1.21 bits per heavy atom. The number of aryl methyl sites for hydroxylation is 3. The van der Waals surface area contributed by atoms with Gasteiger partial charge in [-0.2, -0.15) is 0 Å². The minimum absolute atomic E-state index is 0.141. The van der Waals surface area contributed by atoms with Crippen molar-refractivity contribution in [3.05, 3.63) is 46.2 Å². The summed E-state index contributed by atoms with van der Waals surface area (Å²) in [6, 6.07) is 7.91. The predicted molar refractivity (Wildman–Crippen MR) is 112 cm³/mol. The number of imidazole rings is 1. The molecule has 5 rings (SSSR count). The standard InChI is InChI=1S/C21H21N5OS/c1-4-26-15-8-6-5-7-14(15)23-21(26)25-19(27)17-11(2)16-12(3)22-18(13-9-10-13)24-20(16)28-17/h5-8,13H,4,9-10H2,1-3H3,(H,23,25,27). The van der Waals surface area contributed by atoms with E-state index in [0.717, 1.165) is 57.7 Å². The molecular weight excluding hydrogens is 370 g/mol. The Bertz CT molecular complexity index is 1230. The van der Waals surface area contributed by atoms with E-state index in [1.807, 2.05) is 49.6 Å². The van der Waals surface area contributed by atoms with Gasteiger partial charge in [-0.3, -0.25) is 10.1 Å². The smallest absolute Gasteiger partial charge is 0.268 e. The molecule has 0 aliphatic heterocycles. The maximum absolute atomic E-state index is 13.1. The number of hydrogen-bond donors (Lipinski definition) is 1. The van der Waals surface area contributed by atoms with Crippen molar-refractivity contribution in [2.75, 3.05) is 5.32 Å². The highest BCUT2D eigenvalue weighted by Gasteiger charge is 2.28. The molecule has 0 atom stereocenters. The molecule has 1 saturated carbocycles. The van der Waals surface area contributed by atoms with Crippen molar-refractivity contribution in [3.8, 4) is 0 Å². The van der Waals surface area contributed by atoms with Crippen LogP contribution in [-0.4, -0.2) is 25.4 Å². The Morgan fingerprint density at radius 3 is 2.75 bits per heavy atom. The van der Waals surface area contributed by atoms with E-state index in [2.05, 4.69) is 15.3 Å². The Kier molecular flexibility index (Phi) is 3.94. The van der Waals surface area contributed by atoms with Crippen LogP contribution in [0.4, 0.5) is 5.95 Å². The normalized spacial score (nSPS) is 14.1. The quantitative estimate of drug-likeness (QED) is 0.542. The number of amides is 1. The summed E-state index contributed by atoms with van der Waals surface area (Å²) in [5.74, 6) is 1.85. The molecule has 3 aromatic heterocycles. The van der Waals surface area contributed by atoms with Crippen LogP contribution in [0.1, 0.15) is 52.4 Å². The van der Waals surface area contributed by atoms with Crippen LogP contribution >= 0.6 is 11.3 Å². The maximum Gasteiger partial charge on any atom is 0.268 e. The molecular formula is C21H21N5OS. The lowest BCUT2D eigenvalue weighted by molar-refractivity contribution is 0.102. The summed E-state index contributed by atoms with van der Waals surface area (Å²) < 4.78 is 2.02. The van der Waals surface area contributed by atoms with Crippen molar-refractivity contribution in [2.45, 2.75) is 46.1 Å². The molecule has 142 valence electrons. The number of anilines is 1. The van der Waals surface area contributed by atoms with Gasteiger partial charge in [-0.15, -0.1) is 11.3 Å². The van der Waals surface area contributed by atoms with Crippen molar-refractivity contribution in [2.24, 2.45) is 0 Å². The molecule has 4 aromatic rings. The number of fused-ring (bicyclic) bond motifs is 2. The minimum atomic E-state index is -0.141. The average molecular weight is 392 g/mol. The summed E-state index contributed by atoms with van der Waals surface area (Å²) in [7, 11) is 0. The lowest BCUT2D eigenvalue weighted by atomic mass is 10.1. The molecule has 0 saturated heterocycles. The molecule has 0 radical (unpaired) electrons. The fourth-order valence-electron chi connectivity index (χ4n) is 3.75. The van der Waals surface area contributed by atoms with Crippen molar-refractivity contribution in [3.63, 3.8) is 0 Å². The van der Waals surface area contributed by atoms with Crippen molar-refractivity contribution in [1.29, 1.82) is 0 Å². The van der Waals surface area contributed by atoms with E-state index >= 15 is 0 Å². The largest absolute Gasteiger partial charge is 0.310 e. The third kappa shape index (κ3) is 2.69. The van der Waals surface area contributed by atoms with E-state index in [-0.39, 0.29) is 5.91 Å². The average Bonchev–Trinajstić information content (AvgIpc) is 3.39. The first-order valence-corrected chi connectivity index (χ1v) is 10.4. The first-order chi connectivity index (χ1) is 13.6. The van der Waals surface area contributed by atoms with Crippen LogP contribution in [0.25, 0.3) is 21.3 Å². The Morgan fingerprint density at radius 2 is 2.00 bits per heavy atom. The van der Waals surface area contributed by atoms with Gasteiger partial charge in [0.1, 0.15) is 10.7 Å². The van der Waals surface area contributed by atoms with Gasteiger partial charge in [0.25, 0.3) is 5.91 Å². The van der Waals surface area contributed by atoms with Crippen LogP contribution in [0.3, 0.4) is 0 Å². The number of nitrogens with zero attached hydrogens (tertiary/aromatic N) is 4. The number of carbonyl (C=O) groups excluding carboxylic acids is 1. The molecule has 1 fully saturated rings. The van der Waals surface area contributed by atoms with Crippen LogP contribution in [0.5, 0.6) is 0 Å². The van der Waals surface area contributed by atoms with Crippen LogP contribution in [-0.2, 0) is 6.54 Å². The number of thiophene rings is 1. The third-order valence-corrected chi connectivity index (χ3v) is 6.52. The van der Waals surface area contributed by atoms with Gasteiger partial charge in [0.2, 0.25) is 5.95 Å². The molecule has 6 nitrogen and oxygen atoms in total. The van der Waals surface area contributed by atoms with Crippen LogP contribution in [0.15, 0.2) is 24.3 Å². The van der Waals surface area contributed by atoms with Crippen LogP contribution in [0.2, 0.25) is 0 Å². The highest BCUT2D eigenvalue weighted by atomic mass is 32.1. The van der Waals surface area contributed by atoms with E-state index in [0.29, 0.717) is 16.7 Å². The summed E-state index contributed by atoms with van der Waals surface area (Å²) in [6.07, 6.45) is 2.33. The summed E-state index contributed by atoms with van der Waals surface area (Å²) in [5, 5.41) is 4.02. The molecule has 1 aliphatic carbocycles. The monoisotopic (exact) mass is 391 g/mol. The Hall–Kier alpha value is -2.80. The number of aromatic nitrogens is 4. The second kappa shape index (κ2) is 6.38. The zero-order valence-corrected chi connectivity index (χ0v) is 16.9. The second-order valence-corrected chi connectivity index (χ2v) is 8.30. The second-order valence-electron chi connectivity index (χ2n) is 7.30. The first kappa shape index (κ1) is 17.3. The topological polar surface area (TPSA) is 72.7 Å². The zero-order chi connectivity index (χ0) is 19.4. The zero-order valence-electron chi connectivity index (χ0n) is 16.1. The number of nitrogens with one attached hydrogen (secondary N) is 1. The van der Waals surface area contributed by atoms with Gasteiger partial charge in [0.05, 0.1) is 21.6 Å². The summed E-state index contributed by atoms with van der Waals surface area (Å²) in [5.41, 5.74) is 3.80. The van der Waals surface area contributed by atoms with Gasteiger partial charge < -0.3 is 4.57 Å². The van der Waals surface area contributed by atoms with Crippen LogP contribution in [0, 0.1) is 13.8 Å². The minimum Gasteiger partial charge on any atom is -0.310 e. The molecule has 3 heterocycles. The van der Waals surface area contributed by atoms with E-state index in [4.69, 9.17) is 4.98 Å². The first-order valence-electron chi connectivity index (χ1n) is 9.61. The Labute approximate surface area is 166 Å². The van der Waals surface area contributed by atoms with Crippen LogP contribution < -0.4 is 5.32 Å². The lowest BCUT2D eigenvalue weighted by Crippen LogP contribution is -2.15. The van der Waals surface area contributed by atoms with Gasteiger partial charge in [-0.25, -0.2) is 15.0 Å². The molecule has 1 amide bonds. The van der Waals surface area contributed by atoms with Gasteiger partial charge in [0, 0.05) is 17.8 Å². The molecule has 0 spiro atoms. The maximum atomic E-state index is 13.1. The van der Waals surface area contributed by atoms with E-state index in [9.17, 15) is 4.79 Å². The number of rotatable bonds is 4. The molecule has 0 bridgehead atoms. The fourth-order valence-corrected chi connectivity index (χ4v) is 4.88. The van der Waals surface area contributed by atoms with Gasteiger partial charge >= 0.3 is 0 Å². The molecule has 1 aliphatic rings. The van der Waals surface area contributed by atoms with E-state index in [1.165, 1.54) is 11.3 Å². The molecule has 0 unspecified atom stereocenters. The third-order valence-electron chi connectivity index (χ3n) is 5.33. The molecule has 1 N–H and O–H groups in total. The number of hydrogen-bond acceptors (Lipinski definition) is 5. The SMILES string of the molecule is CCn1c(NC(=O)c2sc3nc(C4CC4)nc(C)c3c2C)nc2ccccc21. The van der Waals surface area contributed by atoms with Gasteiger partial charge in [-0.05, 0) is 51.3 Å². The lowest BCUT2D eigenvalue weighted by Gasteiger charge is -2.07. The van der Waals surface area contributed by atoms with Crippen molar-refractivity contribution in [1.82, 2.24) is 19.5 Å². The molecule has 28 heavy (non-hydrogen) atoms. The van der Waals surface area contributed by atoms with E-state index < -0.39 is 0 Å². The van der Waals surface area contributed by atoms with Gasteiger partial charge in [0.15, 0.2) is 0 Å². The predicted octanol–water partition coefficient (Wildman–Crippen LogP) is 4.81. The molecule has 7 heteroatoms. The number of carbonyl (C=O) groups is 1. The number of para-hydroxylation sites is 2. The molecule has 1 aromatic carbocycles. The fraction of sp³-hybridized carbons (Fsp3) is 0.333. The Balaban J connectivity index is 1.54. The van der Waals surface area contributed by atoms with Crippen molar-refractivity contribution >= 4 is 44.4 Å². The highest BCUT2D eigenvalue weighted by Crippen LogP contribution is 2.40.